The molecule has 0 heteroatoms. The van der Waals surface area contributed by atoms with Crippen molar-refractivity contribution in [3.05, 3.63) is 83.9 Å². The van der Waals surface area contributed by atoms with Gasteiger partial charge in [-0.05, 0) is 51.0 Å². The SMILES string of the molecule is C=C1CC2=C(C(=C)c3ccccc32)c2ccccc21. The normalized spacial score (nSPS) is 16.2. The molecule has 0 nitrogen and oxygen atoms in total. The maximum absolute atomic E-state index is 4.32. The number of benzene rings is 2. The average Bonchev–Trinajstić information content (AvgIpc) is 2.73. The summed E-state index contributed by atoms with van der Waals surface area (Å²) in [5.74, 6) is 0. The zero-order chi connectivity index (χ0) is 13.0. The Bertz CT molecular complexity index is 772. The van der Waals surface area contributed by atoms with E-state index in [1.54, 1.807) is 0 Å². The maximum atomic E-state index is 4.32. The minimum absolute atomic E-state index is 0.933. The third kappa shape index (κ3) is 1.29. The Labute approximate surface area is 113 Å². The fraction of sp³-hybridized carbons (Fsp3) is 0.0526. The van der Waals surface area contributed by atoms with Crippen LogP contribution in [0.4, 0.5) is 0 Å². The highest BCUT2D eigenvalue weighted by molar-refractivity contribution is 6.24. The Morgan fingerprint density at radius 2 is 1.26 bits per heavy atom. The zero-order valence-corrected chi connectivity index (χ0v) is 10.7. The number of hydrogen-bond donors (Lipinski definition) is 0. The molecule has 0 spiro atoms. The lowest BCUT2D eigenvalue weighted by molar-refractivity contribution is 1.37. The molecule has 0 N–H and O–H groups in total. The summed E-state index contributed by atoms with van der Waals surface area (Å²) in [6.45, 7) is 8.57. The van der Waals surface area contributed by atoms with E-state index >= 15 is 0 Å². The van der Waals surface area contributed by atoms with E-state index < -0.39 is 0 Å². The first-order chi connectivity index (χ1) is 9.27. The molecule has 0 saturated heterocycles. The summed E-state index contributed by atoms with van der Waals surface area (Å²) in [6, 6.07) is 17.1. The Kier molecular flexibility index (Phi) is 1.99. The molecule has 2 aromatic carbocycles. The Morgan fingerprint density at radius 3 is 2.00 bits per heavy atom. The predicted octanol–water partition coefficient (Wildman–Crippen LogP) is 5.04. The molecule has 19 heavy (non-hydrogen) atoms. The van der Waals surface area contributed by atoms with Gasteiger partial charge in [-0.1, -0.05) is 61.7 Å². The fourth-order valence-electron chi connectivity index (χ4n) is 3.29. The van der Waals surface area contributed by atoms with Gasteiger partial charge in [-0.25, -0.2) is 0 Å². The van der Waals surface area contributed by atoms with E-state index in [0.29, 0.717) is 0 Å². The van der Waals surface area contributed by atoms with Gasteiger partial charge in [0.15, 0.2) is 0 Å². The summed E-state index contributed by atoms with van der Waals surface area (Å²) in [5, 5.41) is 0. The second kappa shape index (κ2) is 3.58. The van der Waals surface area contributed by atoms with Crippen molar-refractivity contribution in [1.82, 2.24) is 0 Å². The number of allylic oxidation sites excluding steroid dienone is 4. The monoisotopic (exact) mass is 242 g/mol. The Morgan fingerprint density at radius 1 is 0.684 bits per heavy atom. The van der Waals surface area contributed by atoms with E-state index in [-0.39, 0.29) is 0 Å². The van der Waals surface area contributed by atoms with E-state index in [4.69, 9.17) is 0 Å². The molecular formula is C19H14. The molecular weight excluding hydrogens is 228 g/mol. The Balaban J connectivity index is 2.06. The van der Waals surface area contributed by atoms with Crippen LogP contribution in [-0.4, -0.2) is 0 Å². The van der Waals surface area contributed by atoms with Crippen LogP contribution < -0.4 is 0 Å². The first-order valence-electron chi connectivity index (χ1n) is 6.57. The molecule has 2 aliphatic rings. The van der Waals surface area contributed by atoms with E-state index in [1.165, 1.54) is 39.0 Å². The molecule has 0 unspecified atom stereocenters. The van der Waals surface area contributed by atoms with Crippen LogP contribution in [0, 0.1) is 0 Å². The van der Waals surface area contributed by atoms with Gasteiger partial charge in [0.2, 0.25) is 0 Å². The van der Waals surface area contributed by atoms with Gasteiger partial charge < -0.3 is 0 Å². The summed E-state index contributed by atoms with van der Waals surface area (Å²) in [5.41, 5.74) is 10.2. The summed E-state index contributed by atoms with van der Waals surface area (Å²) >= 11 is 0. The van der Waals surface area contributed by atoms with Crippen molar-refractivity contribution in [3.8, 4) is 0 Å². The van der Waals surface area contributed by atoms with Gasteiger partial charge >= 0.3 is 0 Å². The minimum Gasteiger partial charge on any atom is -0.0949 e. The minimum atomic E-state index is 0.933. The molecule has 0 amide bonds. The first-order valence-corrected chi connectivity index (χ1v) is 6.57. The lowest BCUT2D eigenvalue weighted by Crippen LogP contribution is -1.99. The van der Waals surface area contributed by atoms with Crippen LogP contribution in [0.1, 0.15) is 28.7 Å². The smallest absolute Gasteiger partial charge is 0.00129 e. The zero-order valence-electron chi connectivity index (χ0n) is 10.7. The first kappa shape index (κ1) is 10.6. The number of hydrogen-bond acceptors (Lipinski definition) is 0. The van der Waals surface area contributed by atoms with Crippen molar-refractivity contribution >= 4 is 22.3 Å². The fourth-order valence-corrected chi connectivity index (χ4v) is 3.29. The van der Waals surface area contributed by atoms with Crippen LogP contribution in [0.3, 0.4) is 0 Å². The average molecular weight is 242 g/mol. The van der Waals surface area contributed by atoms with E-state index in [2.05, 4.69) is 61.7 Å². The quantitative estimate of drug-likeness (QED) is 0.607. The van der Waals surface area contributed by atoms with Crippen LogP contribution in [0.5, 0.6) is 0 Å². The molecule has 0 heterocycles. The highest BCUT2D eigenvalue weighted by Crippen LogP contribution is 2.52. The van der Waals surface area contributed by atoms with Gasteiger partial charge in [-0.3, -0.25) is 0 Å². The van der Waals surface area contributed by atoms with Gasteiger partial charge in [-0.15, -0.1) is 0 Å². The molecule has 2 aliphatic carbocycles. The van der Waals surface area contributed by atoms with Crippen molar-refractivity contribution in [1.29, 1.82) is 0 Å². The van der Waals surface area contributed by atoms with Crippen molar-refractivity contribution in [2.45, 2.75) is 6.42 Å². The standard InChI is InChI=1S/C19H14/c1-12-11-18-16-9-5-4-8-15(16)13(2)19(18)17-10-6-3-7-14(12)17/h3-10H,1-2,11H2. The van der Waals surface area contributed by atoms with E-state index in [9.17, 15) is 0 Å². The molecule has 0 saturated carbocycles. The van der Waals surface area contributed by atoms with Gasteiger partial charge in [-0.2, -0.15) is 0 Å². The van der Waals surface area contributed by atoms with Crippen molar-refractivity contribution in [2.24, 2.45) is 0 Å². The lowest BCUT2D eigenvalue weighted by Gasteiger charge is -2.21. The van der Waals surface area contributed by atoms with Crippen LogP contribution >= 0.6 is 0 Å². The summed E-state index contributed by atoms with van der Waals surface area (Å²) < 4.78 is 0. The molecule has 0 atom stereocenters. The largest absolute Gasteiger partial charge is 0.0949 e. The van der Waals surface area contributed by atoms with Gasteiger partial charge in [0, 0.05) is 0 Å². The van der Waals surface area contributed by atoms with Gasteiger partial charge in [0.1, 0.15) is 0 Å². The summed E-state index contributed by atoms with van der Waals surface area (Å²) in [4.78, 5) is 0. The van der Waals surface area contributed by atoms with Gasteiger partial charge in [0.05, 0.1) is 0 Å². The third-order valence-corrected chi connectivity index (χ3v) is 4.15. The molecule has 0 fully saturated rings. The van der Waals surface area contributed by atoms with Crippen molar-refractivity contribution < 1.29 is 0 Å². The van der Waals surface area contributed by atoms with E-state index in [1.807, 2.05) is 0 Å². The maximum Gasteiger partial charge on any atom is -0.00129 e. The molecule has 0 aromatic heterocycles. The van der Waals surface area contributed by atoms with Crippen LogP contribution in [0.15, 0.2) is 61.7 Å². The molecule has 0 aliphatic heterocycles. The second-order valence-electron chi connectivity index (χ2n) is 5.20. The van der Waals surface area contributed by atoms with Gasteiger partial charge in [0.25, 0.3) is 0 Å². The Hall–Kier alpha value is -2.34. The number of fused-ring (bicyclic) bond motifs is 4. The second-order valence-corrected chi connectivity index (χ2v) is 5.20. The van der Waals surface area contributed by atoms with Crippen LogP contribution in [-0.2, 0) is 0 Å². The summed E-state index contributed by atoms with van der Waals surface area (Å²) in [7, 11) is 0. The lowest BCUT2D eigenvalue weighted by atomic mass is 9.82. The number of rotatable bonds is 0. The molecule has 4 rings (SSSR count). The third-order valence-electron chi connectivity index (χ3n) is 4.15. The molecule has 0 radical (unpaired) electrons. The predicted molar refractivity (Wildman–Crippen MR) is 82.4 cm³/mol. The molecule has 90 valence electrons. The van der Waals surface area contributed by atoms with Crippen LogP contribution in [0.2, 0.25) is 0 Å². The molecule has 2 aromatic rings. The van der Waals surface area contributed by atoms with E-state index in [0.717, 1.165) is 12.0 Å². The highest BCUT2D eigenvalue weighted by Gasteiger charge is 2.30. The summed E-state index contributed by atoms with van der Waals surface area (Å²) in [6.07, 6.45) is 0.933. The van der Waals surface area contributed by atoms with Crippen LogP contribution in [0.25, 0.3) is 22.3 Å². The molecule has 0 bridgehead atoms. The van der Waals surface area contributed by atoms with Crippen molar-refractivity contribution in [3.63, 3.8) is 0 Å². The van der Waals surface area contributed by atoms with Crippen molar-refractivity contribution in [2.75, 3.05) is 0 Å². The topological polar surface area (TPSA) is 0 Å². The highest BCUT2D eigenvalue weighted by atomic mass is 14.3.